The molecule has 114 valence electrons. The van der Waals surface area contributed by atoms with Crippen LogP contribution in [0.3, 0.4) is 0 Å². The van der Waals surface area contributed by atoms with E-state index in [0.29, 0.717) is 5.75 Å². The van der Waals surface area contributed by atoms with Gasteiger partial charge in [-0.2, -0.15) is 0 Å². The number of hydrogen-bond donors (Lipinski definition) is 2. The molecule has 0 unspecified atom stereocenters. The number of benzene rings is 1. The van der Waals surface area contributed by atoms with E-state index in [2.05, 4.69) is 23.5 Å². The highest BCUT2D eigenvalue weighted by atomic mass is 32.2. The van der Waals surface area contributed by atoms with Gasteiger partial charge < -0.3 is 10.4 Å². The summed E-state index contributed by atoms with van der Waals surface area (Å²) in [7, 11) is 0. The minimum Gasteiger partial charge on any atom is -0.396 e. The number of aliphatic hydroxyl groups excluding tert-OH is 1. The lowest BCUT2D eigenvalue weighted by Gasteiger charge is -2.14. The fourth-order valence-electron chi connectivity index (χ4n) is 3.05. The van der Waals surface area contributed by atoms with Crippen molar-refractivity contribution in [2.24, 2.45) is 5.41 Å². The van der Waals surface area contributed by atoms with E-state index in [1.165, 1.54) is 35.3 Å². The van der Waals surface area contributed by atoms with Crippen LogP contribution in [0.4, 0.5) is 0 Å². The Bertz CT molecular complexity index is 526. The quantitative estimate of drug-likeness (QED) is 0.761. The van der Waals surface area contributed by atoms with Crippen LogP contribution in [0.5, 0.6) is 0 Å². The molecule has 0 atom stereocenters. The first kappa shape index (κ1) is 14.9. The highest BCUT2D eigenvalue weighted by Gasteiger charge is 2.41. The number of hydrogen-bond acceptors (Lipinski definition) is 3. The molecule has 1 fully saturated rings. The molecule has 4 heteroatoms. The molecule has 2 aliphatic carbocycles. The number of thioether (sulfide) groups is 1. The Morgan fingerprint density at radius 1 is 1.29 bits per heavy atom. The van der Waals surface area contributed by atoms with Crippen LogP contribution < -0.4 is 5.32 Å². The van der Waals surface area contributed by atoms with Crippen LogP contribution >= 0.6 is 11.8 Å². The highest BCUT2D eigenvalue weighted by molar-refractivity contribution is 8.00. The summed E-state index contributed by atoms with van der Waals surface area (Å²) < 4.78 is 0. The Balaban J connectivity index is 1.43. The Morgan fingerprint density at radius 2 is 2.10 bits per heavy atom. The van der Waals surface area contributed by atoms with Crippen LogP contribution in [-0.2, 0) is 17.6 Å². The second-order valence-corrected chi connectivity index (χ2v) is 7.37. The van der Waals surface area contributed by atoms with Gasteiger partial charge in [-0.15, -0.1) is 11.8 Å². The third-order valence-electron chi connectivity index (χ3n) is 4.70. The van der Waals surface area contributed by atoms with Crippen LogP contribution in [0.2, 0.25) is 0 Å². The summed E-state index contributed by atoms with van der Waals surface area (Å²) in [5.41, 5.74) is 3.13. The largest absolute Gasteiger partial charge is 0.396 e. The molecular formula is C17H23NO2S. The molecular weight excluding hydrogens is 282 g/mol. The molecule has 0 bridgehead atoms. The van der Waals surface area contributed by atoms with Gasteiger partial charge in [0, 0.05) is 18.0 Å². The summed E-state index contributed by atoms with van der Waals surface area (Å²) in [5.74, 6) is 0.582. The summed E-state index contributed by atoms with van der Waals surface area (Å²) in [4.78, 5) is 13.1. The van der Waals surface area contributed by atoms with Gasteiger partial charge in [0.15, 0.2) is 0 Å². The fourth-order valence-corrected chi connectivity index (χ4v) is 3.84. The van der Waals surface area contributed by atoms with Crippen molar-refractivity contribution in [1.82, 2.24) is 5.32 Å². The Kier molecular flexibility index (Phi) is 4.55. The van der Waals surface area contributed by atoms with E-state index >= 15 is 0 Å². The van der Waals surface area contributed by atoms with Gasteiger partial charge in [-0.05, 0) is 67.2 Å². The molecule has 0 radical (unpaired) electrons. The van der Waals surface area contributed by atoms with Gasteiger partial charge in [-0.1, -0.05) is 6.07 Å². The molecule has 2 N–H and O–H groups in total. The van der Waals surface area contributed by atoms with Crippen molar-refractivity contribution in [1.29, 1.82) is 0 Å². The van der Waals surface area contributed by atoms with Gasteiger partial charge in [0.2, 0.25) is 5.91 Å². The van der Waals surface area contributed by atoms with Crippen molar-refractivity contribution in [3.05, 3.63) is 29.3 Å². The zero-order chi connectivity index (χ0) is 14.7. The number of aryl methyl sites for hydroxylation is 2. The first-order valence-electron chi connectivity index (χ1n) is 7.83. The molecule has 3 nitrogen and oxygen atoms in total. The van der Waals surface area contributed by atoms with Gasteiger partial charge in [-0.3, -0.25) is 4.79 Å². The third kappa shape index (κ3) is 3.80. The molecule has 1 aromatic carbocycles. The molecule has 0 heterocycles. The predicted molar refractivity (Wildman–Crippen MR) is 85.6 cm³/mol. The first-order valence-corrected chi connectivity index (χ1v) is 8.82. The van der Waals surface area contributed by atoms with Crippen LogP contribution in [0.1, 0.15) is 36.8 Å². The van der Waals surface area contributed by atoms with E-state index in [1.807, 2.05) is 0 Å². The maximum absolute atomic E-state index is 11.9. The second kappa shape index (κ2) is 6.41. The number of aliphatic hydroxyl groups is 1. The van der Waals surface area contributed by atoms with Gasteiger partial charge in [-0.25, -0.2) is 0 Å². The minimum atomic E-state index is 0.102. The second-order valence-electron chi connectivity index (χ2n) is 6.32. The van der Waals surface area contributed by atoms with Gasteiger partial charge in [0.05, 0.1) is 5.75 Å². The van der Waals surface area contributed by atoms with Gasteiger partial charge >= 0.3 is 0 Å². The van der Waals surface area contributed by atoms with Crippen LogP contribution in [0, 0.1) is 5.41 Å². The molecule has 0 aromatic heterocycles. The summed E-state index contributed by atoms with van der Waals surface area (Å²) in [6, 6.07) is 6.59. The summed E-state index contributed by atoms with van der Waals surface area (Å²) in [6.45, 7) is 0.941. The average molecular weight is 305 g/mol. The number of fused-ring (bicyclic) bond motifs is 1. The average Bonchev–Trinajstić information content (AvgIpc) is 3.09. The summed E-state index contributed by atoms with van der Waals surface area (Å²) >= 11 is 1.62. The van der Waals surface area contributed by atoms with Crippen molar-refractivity contribution in [2.75, 3.05) is 18.9 Å². The number of nitrogens with one attached hydrogen (secondary N) is 1. The van der Waals surface area contributed by atoms with Crippen molar-refractivity contribution < 1.29 is 9.90 Å². The van der Waals surface area contributed by atoms with Crippen molar-refractivity contribution in [3.8, 4) is 0 Å². The fraction of sp³-hybridized carbons (Fsp3) is 0.588. The summed E-state index contributed by atoms with van der Waals surface area (Å²) in [6.07, 6.45) is 6.72. The van der Waals surface area contributed by atoms with Crippen molar-refractivity contribution >= 4 is 17.7 Å². The summed E-state index contributed by atoms with van der Waals surface area (Å²) in [5, 5.41) is 12.0. The van der Waals surface area contributed by atoms with Crippen molar-refractivity contribution in [3.63, 3.8) is 0 Å². The lowest BCUT2D eigenvalue weighted by Crippen LogP contribution is -2.31. The number of carbonyl (C=O) groups excluding carboxylic acids is 1. The Labute approximate surface area is 130 Å². The predicted octanol–water partition coefficient (Wildman–Crippen LogP) is 2.55. The van der Waals surface area contributed by atoms with E-state index in [-0.39, 0.29) is 17.9 Å². The van der Waals surface area contributed by atoms with Crippen LogP contribution in [0.15, 0.2) is 23.1 Å². The van der Waals surface area contributed by atoms with E-state index < -0.39 is 0 Å². The van der Waals surface area contributed by atoms with Gasteiger partial charge in [0.25, 0.3) is 0 Å². The zero-order valence-corrected chi connectivity index (χ0v) is 13.2. The van der Waals surface area contributed by atoms with E-state index in [4.69, 9.17) is 5.11 Å². The standard InChI is InChI=1S/C17H23NO2S/c19-9-8-17(6-7-17)12-18-16(20)11-21-15-5-4-13-2-1-3-14(13)10-15/h4-5,10,19H,1-3,6-9,11-12H2,(H,18,20). The molecule has 0 aliphatic heterocycles. The van der Waals surface area contributed by atoms with Gasteiger partial charge in [0.1, 0.15) is 0 Å². The molecule has 1 saturated carbocycles. The van der Waals surface area contributed by atoms with E-state index in [9.17, 15) is 4.79 Å². The number of carbonyl (C=O) groups is 1. The minimum absolute atomic E-state index is 0.102. The Morgan fingerprint density at radius 3 is 2.86 bits per heavy atom. The maximum Gasteiger partial charge on any atom is 0.230 e. The zero-order valence-electron chi connectivity index (χ0n) is 12.4. The molecule has 0 saturated heterocycles. The normalized spacial score (nSPS) is 18.3. The molecule has 1 aromatic rings. The lowest BCUT2D eigenvalue weighted by atomic mass is 10.0. The SMILES string of the molecule is O=C(CSc1ccc2c(c1)CCC2)NCC1(CCO)CC1. The number of rotatable bonds is 7. The topological polar surface area (TPSA) is 49.3 Å². The molecule has 1 amide bonds. The molecule has 21 heavy (non-hydrogen) atoms. The highest BCUT2D eigenvalue weighted by Crippen LogP contribution is 2.47. The van der Waals surface area contributed by atoms with Crippen LogP contribution in [0.25, 0.3) is 0 Å². The van der Waals surface area contributed by atoms with E-state index in [0.717, 1.165) is 25.8 Å². The lowest BCUT2D eigenvalue weighted by molar-refractivity contribution is -0.118. The monoisotopic (exact) mass is 305 g/mol. The molecule has 2 aliphatic rings. The van der Waals surface area contributed by atoms with Crippen LogP contribution in [-0.4, -0.2) is 29.9 Å². The smallest absolute Gasteiger partial charge is 0.230 e. The first-order chi connectivity index (χ1) is 10.2. The maximum atomic E-state index is 11.9. The van der Waals surface area contributed by atoms with Crippen molar-refractivity contribution in [2.45, 2.75) is 43.4 Å². The molecule has 3 rings (SSSR count). The van der Waals surface area contributed by atoms with E-state index in [1.54, 1.807) is 11.8 Å². The molecule has 0 spiro atoms. The third-order valence-corrected chi connectivity index (χ3v) is 5.69. The Hall–Kier alpha value is -1.00. The number of amides is 1.